The Bertz CT molecular complexity index is 426. The lowest BCUT2D eigenvalue weighted by Crippen LogP contribution is -2.30. The molecule has 1 saturated heterocycles. The van der Waals surface area contributed by atoms with E-state index in [1.165, 1.54) is 24.1 Å². The average Bonchev–Trinajstić information content (AvgIpc) is 3.10. The van der Waals surface area contributed by atoms with Crippen molar-refractivity contribution in [1.82, 2.24) is 5.32 Å². The zero-order valence-electron chi connectivity index (χ0n) is 11.0. The van der Waals surface area contributed by atoms with E-state index in [1.807, 2.05) is 6.92 Å². The van der Waals surface area contributed by atoms with E-state index in [4.69, 9.17) is 0 Å². The molecule has 98 valence electrons. The lowest BCUT2D eigenvalue weighted by atomic mass is 10.1. The van der Waals surface area contributed by atoms with Crippen LogP contribution in [0.2, 0.25) is 0 Å². The van der Waals surface area contributed by atoms with Crippen molar-refractivity contribution in [3.05, 3.63) is 29.8 Å². The van der Waals surface area contributed by atoms with E-state index in [2.05, 4.69) is 34.5 Å². The largest absolute Gasteiger partial charge is 0.388 e. The summed E-state index contributed by atoms with van der Waals surface area (Å²) >= 11 is 0. The van der Waals surface area contributed by atoms with Crippen molar-refractivity contribution in [2.45, 2.75) is 44.4 Å². The molecule has 1 atom stereocenters. The monoisotopic (exact) mass is 246 g/mol. The van der Waals surface area contributed by atoms with Crippen LogP contribution in [0.15, 0.2) is 24.3 Å². The number of para-hydroxylation sites is 1. The molecule has 1 heterocycles. The lowest BCUT2D eigenvalue weighted by Gasteiger charge is -2.23. The van der Waals surface area contributed by atoms with Crippen LogP contribution in [0.25, 0.3) is 0 Å². The van der Waals surface area contributed by atoms with E-state index in [0.717, 1.165) is 32.1 Å². The van der Waals surface area contributed by atoms with Gasteiger partial charge in [0.2, 0.25) is 0 Å². The van der Waals surface area contributed by atoms with Crippen molar-refractivity contribution >= 4 is 5.69 Å². The molecule has 2 fully saturated rings. The van der Waals surface area contributed by atoms with E-state index in [1.54, 1.807) is 0 Å². The highest BCUT2D eigenvalue weighted by atomic mass is 16.3. The van der Waals surface area contributed by atoms with Crippen LogP contribution in [0.3, 0.4) is 0 Å². The second-order valence-corrected chi connectivity index (χ2v) is 5.95. The van der Waals surface area contributed by atoms with Gasteiger partial charge >= 0.3 is 0 Å². The molecule has 1 aliphatic heterocycles. The summed E-state index contributed by atoms with van der Waals surface area (Å²) in [6.07, 6.45) is 3.50. The number of nitrogens with zero attached hydrogens (tertiary/aromatic N) is 1. The summed E-state index contributed by atoms with van der Waals surface area (Å²) < 4.78 is 0. The fraction of sp³-hybridized carbons (Fsp3) is 0.600. The summed E-state index contributed by atoms with van der Waals surface area (Å²) in [5.74, 6) is 0. The van der Waals surface area contributed by atoms with Crippen LogP contribution in [0.1, 0.15) is 31.7 Å². The van der Waals surface area contributed by atoms with Crippen molar-refractivity contribution in [1.29, 1.82) is 0 Å². The number of hydrogen-bond donors (Lipinski definition) is 2. The van der Waals surface area contributed by atoms with Crippen molar-refractivity contribution in [3.63, 3.8) is 0 Å². The molecule has 3 nitrogen and oxygen atoms in total. The van der Waals surface area contributed by atoms with Crippen molar-refractivity contribution in [3.8, 4) is 0 Å². The topological polar surface area (TPSA) is 35.5 Å². The quantitative estimate of drug-likeness (QED) is 0.851. The molecule has 1 aromatic carbocycles. The third kappa shape index (κ3) is 2.68. The minimum atomic E-state index is -0.531. The summed E-state index contributed by atoms with van der Waals surface area (Å²) in [5.41, 5.74) is 2.10. The summed E-state index contributed by atoms with van der Waals surface area (Å²) in [7, 11) is 0. The maximum absolute atomic E-state index is 10.1. The molecule has 3 rings (SSSR count). The number of rotatable bonds is 4. The standard InChI is InChI=1S/C15H22N2O/c1-15(18)8-9-17(11-15)14-5-3-2-4-12(14)10-16-13-6-7-13/h2-5,13,16,18H,6-11H2,1H3. The van der Waals surface area contributed by atoms with Crippen LogP contribution in [0.5, 0.6) is 0 Å². The van der Waals surface area contributed by atoms with Crippen molar-refractivity contribution < 1.29 is 5.11 Å². The zero-order chi connectivity index (χ0) is 12.6. The molecule has 1 aromatic rings. The maximum Gasteiger partial charge on any atom is 0.0810 e. The number of β-amino-alcohol motifs (C(OH)–C–C–N with tert-alkyl or cyclic N) is 1. The second kappa shape index (κ2) is 4.56. The van der Waals surface area contributed by atoms with E-state index >= 15 is 0 Å². The predicted octanol–water partition coefficient (Wildman–Crippen LogP) is 1.90. The van der Waals surface area contributed by atoms with Gasteiger partial charge in [-0.15, -0.1) is 0 Å². The first-order valence-electron chi connectivity index (χ1n) is 6.93. The fourth-order valence-electron chi connectivity index (χ4n) is 2.66. The van der Waals surface area contributed by atoms with Crippen LogP contribution >= 0.6 is 0 Å². The minimum absolute atomic E-state index is 0.531. The van der Waals surface area contributed by atoms with Crippen molar-refractivity contribution in [2.75, 3.05) is 18.0 Å². The molecule has 0 spiro atoms. The van der Waals surface area contributed by atoms with E-state index < -0.39 is 5.60 Å². The van der Waals surface area contributed by atoms with Crippen LogP contribution in [-0.4, -0.2) is 29.8 Å². The van der Waals surface area contributed by atoms with Gasteiger partial charge in [0.25, 0.3) is 0 Å². The summed E-state index contributed by atoms with van der Waals surface area (Å²) in [5, 5.41) is 13.7. The molecule has 1 saturated carbocycles. The Hall–Kier alpha value is -1.06. The third-order valence-corrected chi connectivity index (χ3v) is 3.94. The molecule has 0 radical (unpaired) electrons. The molecular weight excluding hydrogens is 224 g/mol. The Labute approximate surface area is 109 Å². The van der Waals surface area contributed by atoms with Gasteiger partial charge in [0.05, 0.1) is 5.60 Å². The number of anilines is 1. The normalized spacial score (nSPS) is 27.8. The predicted molar refractivity (Wildman–Crippen MR) is 73.8 cm³/mol. The molecule has 2 N–H and O–H groups in total. The van der Waals surface area contributed by atoms with Gasteiger partial charge in [-0.3, -0.25) is 0 Å². The van der Waals surface area contributed by atoms with Gasteiger partial charge in [-0.2, -0.15) is 0 Å². The molecule has 2 aliphatic rings. The van der Waals surface area contributed by atoms with Crippen LogP contribution in [0.4, 0.5) is 5.69 Å². The summed E-state index contributed by atoms with van der Waals surface area (Å²) in [6, 6.07) is 9.29. The lowest BCUT2D eigenvalue weighted by molar-refractivity contribution is 0.0839. The Morgan fingerprint density at radius 1 is 1.39 bits per heavy atom. The number of nitrogens with one attached hydrogen (secondary N) is 1. The van der Waals surface area contributed by atoms with E-state index in [0.29, 0.717) is 0 Å². The number of aliphatic hydroxyl groups is 1. The first-order valence-corrected chi connectivity index (χ1v) is 6.93. The van der Waals surface area contributed by atoms with Crippen molar-refractivity contribution in [2.24, 2.45) is 0 Å². The fourth-order valence-corrected chi connectivity index (χ4v) is 2.66. The molecule has 1 unspecified atom stereocenters. The molecule has 0 bridgehead atoms. The van der Waals surface area contributed by atoms with Crippen LogP contribution < -0.4 is 10.2 Å². The smallest absolute Gasteiger partial charge is 0.0810 e. The van der Waals surface area contributed by atoms with Gasteiger partial charge in [-0.25, -0.2) is 0 Å². The van der Waals surface area contributed by atoms with Gasteiger partial charge in [0, 0.05) is 31.4 Å². The highest BCUT2D eigenvalue weighted by Crippen LogP contribution is 2.29. The molecule has 0 aromatic heterocycles. The highest BCUT2D eigenvalue weighted by molar-refractivity contribution is 5.54. The minimum Gasteiger partial charge on any atom is -0.388 e. The Morgan fingerprint density at radius 2 is 2.17 bits per heavy atom. The number of hydrogen-bond acceptors (Lipinski definition) is 3. The third-order valence-electron chi connectivity index (χ3n) is 3.94. The van der Waals surface area contributed by atoms with E-state index in [9.17, 15) is 5.11 Å². The van der Waals surface area contributed by atoms with Gasteiger partial charge in [-0.05, 0) is 37.8 Å². The molecule has 1 aliphatic carbocycles. The SMILES string of the molecule is CC1(O)CCN(c2ccccc2CNC2CC2)C1. The summed E-state index contributed by atoms with van der Waals surface area (Å²) in [6.45, 7) is 4.57. The van der Waals surface area contributed by atoms with E-state index in [-0.39, 0.29) is 0 Å². The second-order valence-electron chi connectivity index (χ2n) is 5.95. The average molecular weight is 246 g/mol. The first kappa shape index (κ1) is 12.0. The Morgan fingerprint density at radius 3 is 2.83 bits per heavy atom. The molecule has 18 heavy (non-hydrogen) atoms. The van der Waals surface area contributed by atoms with Gasteiger partial charge in [0.1, 0.15) is 0 Å². The molecule has 0 amide bonds. The highest BCUT2D eigenvalue weighted by Gasteiger charge is 2.32. The molecule has 3 heteroatoms. The zero-order valence-corrected chi connectivity index (χ0v) is 11.0. The number of benzene rings is 1. The van der Waals surface area contributed by atoms with Gasteiger partial charge < -0.3 is 15.3 Å². The van der Waals surface area contributed by atoms with Gasteiger partial charge in [-0.1, -0.05) is 18.2 Å². The summed E-state index contributed by atoms with van der Waals surface area (Å²) in [4.78, 5) is 2.31. The maximum atomic E-state index is 10.1. The van der Waals surface area contributed by atoms with Crippen LogP contribution in [-0.2, 0) is 6.54 Å². The Kier molecular flexibility index (Phi) is 3.04. The molecular formula is C15H22N2O. The Balaban J connectivity index is 1.73. The van der Waals surface area contributed by atoms with Crippen LogP contribution in [0, 0.1) is 0 Å². The first-order chi connectivity index (χ1) is 8.64. The van der Waals surface area contributed by atoms with Gasteiger partial charge in [0.15, 0.2) is 0 Å².